The van der Waals surface area contributed by atoms with E-state index in [0.717, 1.165) is 25.8 Å². The first-order chi connectivity index (χ1) is 9.35. The summed E-state index contributed by atoms with van der Waals surface area (Å²) in [5, 5.41) is 12.9. The Bertz CT molecular complexity index is 408. The van der Waals surface area contributed by atoms with Crippen molar-refractivity contribution in [2.75, 3.05) is 13.1 Å². The summed E-state index contributed by atoms with van der Waals surface area (Å²) in [5.41, 5.74) is -1.11. The Balaban J connectivity index is 2.25. The Morgan fingerprint density at radius 3 is 2.55 bits per heavy atom. The fourth-order valence-corrected chi connectivity index (χ4v) is 3.73. The Labute approximate surface area is 120 Å². The number of likely N-dealkylation sites (tertiary alicyclic amines) is 1. The molecule has 5 nitrogen and oxygen atoms in total. The molecule has 2 saturated heterocycles. The maximum Gasteiger partial charge on any atom is 0.329 e. The van der Waals surface area contributed by atoms with Crippen LogP contribution in [0.25, 0.3) is 0 Å². The van der Waals surface area contributed by atoms with Crippen LogP contribution in [0.3, 0.4) is 0 Å². The number of nitrogens with one attached hydrogen (secondary N) is 1. The van der Waals surface area contributed by atoms with Crippen LogP contribution in [0.1, 0.15) is 52.9 Å². The second-order valence-electron chi connectivity index (χ2n) is 6.76. The quantitative estimate of drug-likeness (QED) is 0.825. The molecule has 1 amide bonds. The molecular formula is C15H26N2O3. The highest BCUT2D eigenvalue weighted by Gasteiger charge is 2.51. The van der Waals surface area contributed by atoms with Crippen LogP contribution in [0, 0.1) is 5.41 Å². The van der Waals surface area contributed by atoms with Gasteiger partial charge in [-0.2, -0.15) is 0 Å². The molecule has 2 rings (SSSR count). The maximum absolute atomic E-state index is 12.9. The minimum atomic E-state index is -0.994. The van der Waals surface area contributed by atoms with Gasteiger partial charge in [-0.3, -0.25) is 4.79 Å². The van der Waals surface area contributed by atoms with Crippen molar-refractivity contribution in [1.82, 2.24) is 10.2 Å². The minimum absolute atomic E-state index is 0.0311. The van der Waals surface area contributed by atoms with Gasteiger partial charge in [-0.1, -0.05) is 20.8 Å². The molecule has 2 N–H and O–H groups in total. The van der Waals surface area contributed by atoms with Crippen LogP contribution >= 0.6 is 0 Å². The van der Waals surface area contributed by atoms with Gasteiger partial charge < -0.3 is 15.3 Å². The summed E-state index contributed by atoms with van der Waals surface area (Å²) in [6.07, 6.45) is 3.88. The highest BCUT2D eigenvalue weighted by molar-refractivity contribution is 5.90. The number of nitrogens with zero attached hydrogens (tertiary/aromatic N) is 1. The SMILES string of the molecule is CCC1(C(=O)O)CCCN1C(=O)C1NCCCC1(C)C. The molecule has 0 spiro atoms. The first-order valence-electron chi connectivity index (χ1n) is 7.63. The summed E-state index contributed by atoms with van der Waals surface area (Å²) >= 11 is 0. The van der Waals surface area contributed by atoms with Crippen molar-refractivity contribution in [1.29, 1.82) is 0 Å². The van der Waals surface area contributed by atoms with Crippen LogP contribution in [0.5, 0.6) is 0 Å². The lowest BCUT2D eigenvalue weighted by atomic mass is 9.76. The van der Waals surface area contributed by atoms with Gasteiger partial charge in [-0.25, -0.2) is 4.79 Å². The van der Waals surface area contributed by atoms with Gasteiger partial charge in [0.05, 0.1) is 6.04 Å². The number of carboxylic acid groups (broad SMARTS) is 1. The molecule has 0 aliphatic carbocycles. The normalized spacial score (nSPS) is 33.1. The third-order valence-corrected chi connectivity index (χ3v) is 5.11. The molecule has 2 aliphatic rings. The number of hydrogen-bond donors (Lipinski definition) is 2. The number of rotatable bonds is 3. The van der Waals surface area contributed by atoms with Crippen molar-refractivity contribution in [3.8, 4) is 0 Å². The van der Waals surface area contributed by atoms with Crippen LogP contribution in [0.15, 0.2) is 0 Å². The average molecular weight is 282 g/mol. The second-order valence-corrected chi connectivity index (χ2v) is 6.76. The van der Waals surface area contributed by atoms with Crippen LogP contribution in [-0.2, 0) is 9.59 Å². The zero-order valence-corrected chi connectivity index (χ0v) is 12.7. The van der Waals surface area contributed by atoms with Gasteiger partial charge in [0.25, 0.3) is 0 Å². The van der Waals surface area contributed by atoms with Gasteiger partial charge in [-0.15, -0.1) is 0 Å². The van der Waals surface area contributed by atoms with Gasteiger partial charge in [0.15, 0.2) is 0 Å². The van der Waals surface area contributed by atoms with E-state index in [1.165, 1.54) is 0 Å². The topological polar surface area (TPSA) is 69.6 Å². The monoisotopic (exact) mass is 282 g/mol. The van der Waals surface area contributed by atoms with Crippen molar-refractivity contribution in [3.05, 3.63) is 0 Å². The number of carbonyl (C=O) groups excluding carboxylic acids is 1. The summed E-state index contributed by atoms with van der Waals surface area (Å²) in [6, 6.07) is -0.264. The molecule has 0 aromatic heterocycles. The number of piperidine rings is 1. The van der Waals surface area contributed by atoms with Crippen molar-refractivity contribution in [3.63, 3.8) is 0 Å². The van der Waals surface area contributed by atoms with E-state index in [2.05, 4.69) is 19.2 Å². The lowest BCUT2D eigenvalue weighted by Crippen LogP contribution is -2.62. The van der Waals surface area contributed by atoms with Crippen LogP contribution in [0.4, 0.5) is 0 Å². The molecule has 114 valence electrons. The van der Waals surface area contributed by atoms with E-state index in [1.54, 1.807) is 4.90 Å². The maximum atomic E-state index is 12.9. The van der Waals surface area contributed by atoms with Gasteiger partial charge >= 0.3 is 5.97 Å². The van der Waals surface area contributed by atoms with Crippen LogP contribution < -0.4 is 5.32 Å². The fourth-order valence-electron chi connectivity index (χ4n) is 3.73. The Morgan fingerprint density at radius 1 is 1.30 bits per heavy atom. The Kier molecular flexibility index (Phi) is 4.09. The zero-order chi connectivity index (χ0) is 15.0. The predicted octanol–water partition coefficient (Wildman–Crippen LogP) is 1.62. The van der Waals surface area contributed by atoms with Crippen LogP contribution in [-0.4, -0.2) is 46.6 Å². The average Bonchev–Trinajstić information content (AvgIpc) is 2.82. The molecule has 0 aromatic rings. The van der Waals surface area contributed by atoms with Gasteiger partial charge in [0.2, 0.25) is 5.91 Å². The molecule has 0 saturated carbocycles. The lowest BCUT2D eigenvalue weighted by molar-refractivity contribution is -0.159. The van der Waals surface area contributed by atoms with Crippen molar-refractivity contribution in [2.24, 2.45) is 5.41 Å². The van der Waals surface area contributed by atoms with E-state index in [0.29, 0.717) is 19.4 Å². The smallest absolute Gasteiger partial charge is 0.329 e. The summed E-state index contributed by atoms with van der Waals surface area (Å²) in [7, 11) is 0. The van der Waals surface area contributed by atoms with E-state index in [-0.39, 0.29) is 17.4 Å². The molecule has 2 unspecified atom stereocenters. The summed E-state index contributed by atoms with van der Waals surface area (Å²) in [6.45, 7) is 7.44. The van der Waals surface area contributed by atoms with Gasteiger partial charge in [0, 0.05) is 6.54 Å². The van der Waals surface area contributed by atoms with E-state index in [1.807, 2.05) is 6.92 Å². The molecule has 0 aromatic carbocycles. The van der Waals surface area contributed by atoms with Crippen molar-refractivity contribution in [2.45, 2.75) is 64.5 Å². The molecule has 0 radical (unpaired) electrons. The van der Waals surface area contributed by atoms with E-state index < -0.39 is 11.5 Å². The Hall–Kier alpha value is -1.10. The largest absolute Gasteiger partial charge is 0.479 e. The zero-order valence-electron chi connectivity index (χ0n) is 12.7. The number of carbonyl (C=O) groups is 2. The summed E-state index contributed by atoms with van der Waals surface area (Å²) < 4.78 is 0. The van der Waals surface area contributed by atoms with Gasteiger partial charge in [0.1, 0.15) is 5.54 Å². The highest BCUT2D eigenvalue weighted by Crippen LogP contribution is 2.37. The van der Waals surface area contributed by atoms with Gasteiger partial charge in [-0.05, 0) is 44.1 Å². The fraction of sp³-hybridized carbons (Fsp3) is 0.867. The summed E-state index contributed by atoms with van der Waals surface area (Å²) in [5.74, 6) is -0.893. The molecule has 2 fully saturated rings. The van der Waals surface area contributed by atoms with E-state index >= 15 is 0 Å². The standard InChI is InChI=1S/C15H26N2O3/c1-4-15(13(19)20)8-6-10-17(15)12(18)11-14(2,3)7-5-9-16-11/h11,16H,4-10H2,1-3H3,(H,19,20). The summed E-state index contributed by atoms with van der Waals surface area (Å²) in [4.78, 5) is 26.2. The predicted molar refractivity (Wildman–Crippen MR) is 76.4 cm³/mol. The molecule has 20 heavy (non-hydrogen) atoms. The van der Waals surface area contributed by atoms with Crippen molar-refractivity contribution >= 4 is 11.9 Å². The first kappa shape index (κ1) is 15.3. The third-order valence-electron chi connectivity index (χ3n) is 5.11. The Morgan fingerprint density at radius 2 is 2.00 bits per heavy atom. The highest BCUT2D eigenvalue weighted by atomic mass is 16.4. The molecule has 2 heterocycles. The molecule has 2 atom stereocenters. The van der Waals surface area contributed by atoms with E-state index in [9.17, 15) is 14.7 Å². The minimum Gasteiger partial charge on any atom is -0.479 e. The third kappa shape index (κ3) is 2.32. The first-order valence-corrected chi connectivity index (χ1v) is 7.63. The molecule has 2 aliphatic heterocycles. The van der Waals surface area contributed by atoms with Crippen molar-refractivity contribution < 1.29 is 14.7 Å². The van der Waals surface area contributed by atoms with E-state index in [4.69, 9.17) is 0 Å². The lowest BCUT2D eigenvalue weighted by Gasteiger charge is -2.43. The number of aliphatic carboxylic acids is 1. The molecular weight excluding hydrogens is 256 g/mol. The van der Waals surface area contributed by atoms with Crippen LogP contribution in [0.2, 0.25) is 0 Å². The molecule has 0 bridgehead atoms. The molecule has 5 heteroatoms. The number of carboxylic acids is 1. The number of amides is 1. The number of hydrogen-bond acceptors (Lipinski definition) is 3. The second kappa shape index (κ2) is 5.35.